The van der Waals surface area contributed by atoms with E-state index >= 15 is 0 Å². The van der Waals surface area contributed by atoms with Crippen LogP contribution < -0.4 is 0 Å². The molecule has 1 aliphatic heterocycles. The van der Waals surface area contributed by atoms with Crippen LogP contribution in [-0.2, 0) is 4.79 Å². The van der Waals surface area contributed by atoms with Crippen LogP contribution in [0.1, 0.15) is 19.8 Å². The number of likely N-dealkylation sites (tertiary alicyclic amines) is 1. The SMILES string of the molecule is CC(C#N)CN1CCCC1=O. The van der Waals surface area contributed by atoms with Gasteiger partial charge in [-0.25, -0.2) is 0 Å². The Labute approximate surface area is 66.6 Å². The Morgan fingerprint density at radius 3 is 3.00 bits per heavy atom. The molecule has 1 atom stereocenters. The molecule has 1 rings (SSSR count). The number of hydrogen-bond donors (Lipinski definition) is 0. The summed E-state index contributed by atoms with van der Waals surface area (Å²) >= 11 is 0. The van der Waals surface area contributed by atoms with E-state index in [1.165, 1.54) is 0 Å². The Balaban J connectivity index is 2.38. The molecule has 0 bridgehead atoms. The second kappa shape index (κ2) is 3.38. The number of nitriles is 1. The quantitative estimate of drug-likeness (QED) is 0.586. The summed E-state index contributed by atoms with van der Waals surface area (Å²) < 4.78 is 0. The van der Waals surface area contributed by atoms with Crippen molar-refractivity contribution < 1.29 is 4.79 Å². The van der Waals surface area contributed by atoms with Gasteiger partial charge >= 0.3 is 0 Å². The molecule has 3 nitrogen and oxygen atoms in total. The third kappa shape index (κ3) is 1.94. The van der Waals surface area contributed by atoms with E-state index in [1.807, 2.05) is 6.92 Å². The van der Waals surface area contributed by atoms with Crippen LogP contribution in [0.25, 0.3) is 0 Å². The van der Waals surface area contributed by atoms with Gasteiger partial charge in [-0.1, -0.05) is 0 Å². The van der Waals surface area contributed by atoms with Gasteiger partial charge in [-0.05, 0) is 13.3 Å². The molecule has 1 fully saturated rings. The van der Waals surface area contributed by atoms with Gasteiger partial charge in [-0.3, -0.25) is 4.79 Å². The molecular formula is C8H12N2O. The van der Waals surface area contributed by atoms with Gasteiger partial charge in [0.15, 0.2) is 0 Å². The molecule has 0 spiro atoms. The van der Waals surface area contributed by atoms with Crippen molar-refractivity contribution in [1.29, 1.82) is 5.26 Å². The predicted octanol–water partition coefficient (Wildman–Crippen LogP) is 0.768. The Hall–Kier alpha value is -1.04. The average Bonchev–Trinajstić information content (AvgIpc) is 2.37. The van der Waals surface area contributed by atoms with Crippen molar-refractivity contribution in [3.63, 3.8) is 0 Å². The highest BCUT2D eigenvalue weighted by molar-refractivity contribution is 5.78. The molecule has 1 unspecified atom stereocenters. The van der Waals surface area contributed by atoms with Crippen molar-refractivity contribution in [2.75, 3.05) is 13.1 Å². The highest BCUT2D eigenvalue weighted by Gasteiger charge is 2.21. The number of carbonyl (C=O) groups is 1. The summed E-state index contributed by atoms with van der Waals surface area (Å²) in [5, 5.41) is 8.49. The van der Waals surface area contributed by atoms with E-state index in [0.717, 1.165) is 13.0 Å². The third-order valence-corrected chi connectivity index (χ3v) is 1.89. The minimum Gasteiger partial charge on any atom is -0.341 e. The number of rotatable bonds is 2. The fourth-order valence-corrected chi connectivity index (χ4v) is 1.27. The van der Waals surface area contributed by atoms with Crippen LogP contribution >= 0.6 is 0 Å². The number of nitrogens with zero attached hydrogens (tertiary/aromatic N) is 2. The Morgan fingerprint density at radius 2 is 2.55 bits per heavy atom. The van der Waals surface area contributed by atoms with E-state index < -0.39 is 0 Å². The molecule has 0 aromatic rings. The first-order valence-electron chi connectivity index (χ1n) is 3.91. The van der Waals surface area contributed by atoms with Gasteiger partial charge in [0.2, 0.25) is 5.91 Å². The van der Waals surface area contributed by atoms with E-state index in [0.29, 0.717) is 13.0 Å². The first-order valence-corrected chi connectivity index (χ1v) is 3.91. The zero-order valence-corrected chi connectivity index (χ0v) is 6.71. The Kier molecular flexibility index (Phi) is 2.48. The number of hydrogen-bond acceptors (Lipinski definition) is 2. The first-order chi connectivity index (χ1) is 5.24. The van der Waals surface area contributed by atoms with Crippen LogP contribution in [0.5, 0.6) is 0 Å². The summed E-state index contributed by atoms with van der Waals surface area (Å²) in [6.45, 7) is 3.28. The van der Waals surface area contributed by atoms with E-state index in [9.17, 15) is 4.79 Å². The summed E-state index contributed by atoms with van der Waals surface area (Å²) in [4.78, 5) is 12.8. The van der Waals surface area contributed by atoms with Gasteiger partial charge in [0.1, 0.15) is 0 Å². The van der Waals surface area contributed by atoms with Crippen molar-refractivity contribution >= 4 is 5.91 Å². The maximum absolute atomic E-state index is 11.0. The predicted molar refractivity (Wildman–Crippen MR) is 40.6 cm³/mol. The van der Waals surface area contributed by atoms with Crippen LogP contribution in [0, 0.1) is 17.2 Å². The fourth-order valence-electron chi connectivity index (χ4n) is 1.27. The maximum atomic E-state index is 11.0. The van der Waals surface area contributed by atoms with Crippen molar-refractivity contribution in [3.05, 3.63) is 0 Å². The van der Waals surface area contributed by atoms with Crippen molar-refractivity contribution in [2.45, 2.75) is 19.8 Å². The van der Waals surface area contributed by atoms with Crippen LogP contribution in [0.15, 0.2) is 0 Å². The van der Waals surface area contributed by atoms with Crippen LogP contribution in [0.4, 0.5) is 0 Å². The largest absolute Gasteiger partial charge is 0.341 e. The third-order valence-electron chi connectivity index (χ3n) is 1.89. The van der Waals surface area contributed by atoms with E-state index in [4.69, 9.17) is 5.26 Å². The smallest absolute Gasteiger partial charge is 0.222 e. The lowest BCUT2D eigenvalue weighted by molar-refractivity contribution is -0.127. The molecule has 0 N–H and O–H groups in total. The Morgan fingerprint density at radius 1 is 1.82 bits per heavy atom. The minimum atomic E-state index is -0.0305. The summed E-state index contributed by atoms with van der Waals surface area (Å²) in [6.07, 6.45) is 1.62. The Bertz CT molecular complexity index is 195. The summed E-state index contributed by atoms with van der Waals surface area (Å²) in [7, 11) is 0. The molecule has 1 aliphatic rings. The zero-order chi connectivity index (χ0) is 8.27. The van der Waals surface area contributed by atoms with Crippen LogP contribution in [-0.4, -0.2) is 23.9 Å². The van der Waals surface area contributed by atoms with Gasteiger partial charge < -0.3 is 4.90 Å². The van der Waals surface area contributed by atoms with Gasteiger partial charge in [0.25, 0.3) is 0 Å². The highest BCUT2D eigenvalue weighted by atomic mass is 16.2. The molecule has 1 amide bonds. The topological polar surface area (TPSA) is 44.1 Å². The highest BCUT2D eigenvalue weighted by Crippen LogP contribution is 2.11. The van der Waals surface area contributed by atoms with Crippen molar-refractivity contribution in [3.8, 4) is 6.07 Å². The summed E-state index contributed by atoms with van der Waals surface area (Å²) in [6, 6.07) is 2.12. The monoisotopic (exact) mass is 152 g/mol. The molecule has 11 heavy (non-hydrogen) atoms. The van der Waals surface area contributed by atoms with Crippen LogP contribution in [0.3, 0.4) is 0 Å². The second-order valence-corrected chi connectivity index (χ2v) is 2.97. The lowest BCUT2D eigenvalue weighted by atomic mass is 10.2. The van der Waals surface area contributed by atoms with Gasteiger partial charge in [0, 0.05) is 19.5 Å². The fraction of sp³-hybridized carbons (Fsp3) is 0.750. The zero-order valence-electron chi connectivity index (χ0n) is 6.71. The lowest BCUT2D eigenvalue weighted by Gasteiger charge is -2.15. The summed E-state index contributed by atoms with van der Waals surface area (Å²) in [5.41, 5.74) is 0. The minimum absolute atomic E-state index is 0.0305. The lowest BCUT2D eigenvalue weighted by Crippen LogP contribution is -2.28. The molecule has 0 saturated carbocycles. The first kappa shape index (κ1) is 8.06. The molecule has 1 heterocycles. The maximum Gasteiger partial charge on any atom is 0.222 e. The molecule has 0 aliphatic carbocycles. The number of carbonyl (C=O) groups excluding carboxylic acids is 1. The molecule has 0 aromatic heterocycles. The van der Waals surface area contributed by atoms with Crippen LogP contribution in [0.2, 0.25) is 0 Å². The van der Waals surface area contributed by atoms with E-state index in [1.54, 1.807) is 4.90 Å². The standard InChI is InChI=1S/C8H12N2O/c1-7(5-9)6-10-4-2-3-8(10)11/h7H,2-4,6H2,1H3. The van der Waals surface area contributed by atoms with Crippen molar-refractivity contribution in [2.24, 2.45) is 5.92 Å². The van der Waals surface area contributed by atoms with Gasteiger partial charge in [-0.2, -0.15) is 5.26 Å². The van der Waals surface area contributed by atoms with E-state index in [2.05, 4.69) is 6.07 Å². The molecule has 60 valence electrons. The normalized spacial score (nSPS) is 20.0. The van der Waals surface area contributed by atoms with E-state index in [-0.39, 0.29) is 11.8 Å². The molecule has 3 heteroatoms. The van der Waals surface area contributed by atoms with Gasteiger partial charge in [0.05, 0.1) is 12.0 Å². The second-order valence-electron chi connectivity index (χ2n) is 2.97. The van der Waals surface area contributed by atoms with Crippen molar-refractivity contribution in [1.82, 2.24) is 4.90 Å². The summed E-state index contributed by atoms with van der Waals surface area (Å²) in [5.74, 6) is 0.171. The molecule has 1 saturated heterocycles. The number of amides is 1. The molecule has 0 radical (unpaired) electrons. The van der Waals surface area contributed by atoms with Gasteiger partial charge in [-0.15, -0.1) is 0 Å². The molecule has 0 aromatic carbocycles. The molecular weight excluding hydrogens is 140 g/mol. The average molecular weight is 152 g/mol.